The first kappa shape index (κ1) is 25.0. The van der Waals surface area contributed by atoms with Crippen LogP contribution in [-0.2, 0) is 26.0 Å². The summed E-state index contributed by atoms with van der Waals surface area (Å²) in [5, 5.41) is 3.02. The normalized spacial score (nSPS) is 19.4. The monoisotopic (exact) mass is 509 g/mol. The molecule has 1 N–H and O–H groups in total. The summed E-state index contributed by atoms with van der Waals surface area (Å²) in [6, 6.07) is 11.1. The Labute approximate surface area is 213 Å². The van der Waals surface area contributed by atoms with Crippen LogP contribution in [0.25, 0.3) is 0 Å². The molecule has 192 valence electrons. The molecule has 2 heterocycles. The Hall–Kier alpha value is -2.71. The summed E-state index contributed by atoms with van der Waals surface area (Å²) in [5.74, 6) is 0.0301. The SMILES string of the molecule is Cc1ccc(NC(=O)C2CCN(S(=O)(=O)c3ccc4c(c3)CCCN4C(=O)C3CCC3)CC2)c(C)c1. The van der Waals surface area contributed by atoms with Gasteiger partial charge in [-0.3, -0.25) is 9.59 Å². The Bertz CT molecular complexity index is 1280. The van der Waals surface area contributed by atoms with Gasteiger partial charge in [0.1, 0.15) is 0 Å². The second-order valence-electron chi connectivity index (χ2n) is 10.5. The molecule has 36 heavy (non-hydrogen) atoms. The van der Waals surface area contributed by atoms with Crippen molar-refractivity contribution >= 4 is 33.2 Å². The van der Waals surface area contributed by atoms with Gasteiger partial charge in [-0.2, -0.15) is 4.31 Å². The number of nitrogens with one attached hydrogen (secondary N) is 1. The maximum Gasteiger partial charge on any atom is 0.243 e. The van der Waals surface area contributed by atoms with Crippen LogP contribution in [0.4, 0.5) is 11.4 Å². The quantitative estimate of drug-likeness (QED) is 0.646. The predicted molar refractivity (Wildman–Crippen MR) is 140 cm³/mol. The smallest absolute Gasteiger partial charge is 0.243 e. The van der Waals surface area contributed by atoms with E-state index in [1.807, 2.05) is 43.0 Å². The van der Waals surface area contributed by atoms with Crippen LogP contribution in [0.5, 0.6) is 0 Å². The molecule has 2 aliphatic heterocycles. The Morgan fingerprint density at radius 1 is 0.889 bits per heavy atom. The van der Waals surface area contributed by atoms with Gasteiger partial charge in [0, 0.05) is 42.8 Å². The molecule has 2 aromatic rings. The van der Waals surface area contributed by atoms with Crippen LogP contribution in [0.15, 0.2) is 41.3 Å². The number of amides is 2. The summed E-state index contributed by atoms with van der Waals surface area (Å²) in [5.41, 5.74) is 4.75. The van der Waals surface area contributed by atoms with E-state index in [1.54, 1.807) is 12.1 Å². The van der Waals surface area contributed by atoms with Crippen molar-refractivity contribution in [2.45, 2.75) is 63.7 Å². The van der Waals surface area contributed by atoms with Crippen molar-refractivity contribution in [3.63, 3.8) is 0 Å². The number of carbonyl (C=O) groups is 2. The molecular formula is C28H35N3O4S. The zero-order valence-corrected chi connectivity index (χ0v) is 21.9. The fourth-order valence-electron chi connectivity index (χ4n) is 5.53. The number of carbonyl (C=O) groups excluding carboxylic acids is 2. The molecule has 1 aliphatic carbocycles. The molecule has 1 saturated heterocycles. The molecule has 0 bridgehead atoms. The highest BCUT2D eigenvalue weighted by molar-refractivity contribution is 7.89. The minimum atomic E-state index is -3.66. The van der Waals surface area contributed by atoms with Crippen LogP contribution in [0.1, 0.15) is 55.2 Å². The third-order valence-corrected chi connectivity index (χ3v) is 9.89. The van der Waals surface area contributed by atoms with Crippen LogP contribution < -0.4 is 10.2 Å². The van der Waals surface area contributed by atoms with E-state index in [4.69, 9.17) is 0 Å². The van der Waals surface area contributed by atoms with Crippen LogP contribution in [0.3, 0.4) is 0 Å². The van der Waals surface area contributed by atoms with Crippen LogP contribution in [0, 0.1) is 25.7 Å². The number of hydrogen-bond donors (Lipinski definition) is 1. The summed E-state index contributed by atoms with van der Waals surface area (Å²) < 4.78 is 28.4. The van der Waals surface area contributed by atoms with E-state index in [0.717, 1.165) is 60.2 Å². The standard InChI is InChI=1S/C28H35N3O4S/c1-19-8-10-25(20(2)17-19)29-27(32)21-12-15-30(16-13-21)36(34,35)24-9-11-26-23(18-24)7-4-14-31(26)28(33)22-5-3-6-22/h8-11,17-18,21-22H,3-7,12-16H2,1-2H3,(H,29,32). The second kappa shape index (κ2) is 9.98. The summed E-state index contributed by atoms with van der Waals surface area (Å²) in [4.78, 5) is 27.8. The van der Waals surface area contributed by atoms with Gasteiger partial charge in [0.05, 0.1) is 4.90 Å². The van der Waals surface area contributed by atoms with Gasteiger partial charge in [-0.1, -0.05) is 24.1 Å². The fraction of sp³-hybridized carbons (Fsp3) is 0.500. The molecule has 0 unspecified atom stereocenters. The van der Waals surface area contributed by atoms with Gasteiger partial charge in [-0.25, -0.2) is 8.42 Å². The van der Waals surface area contributed by atoms with Crippen molar-refractivity contribution in [1.82, 2.24) is 4.31 Å². The van der Waals surface area contributed by atoms with Crippen LogP contribution in [0.2, 0.25) is 0 Å². The number of aryl methyl sites for hydroxylation is 3. The van der Waals surface area contributed by atoms with Crippen molar-refractivity contribution in [2.24, 2.45) is 11.8 Å². The first-order valence-corrected chi connectivity index (χ1v) is 14.5. The first-order chi connectivity index (χ1) is 17.2. The Kier molecular flexibility index (Phi) is 6.92. The highest BCUT2D eigenvalue weighted by Gasteiger charge is 2.35. The number of rotatable bonds is 5. The number of nitrogens with zero attached hydrogens (tertiary/aromatic N) is 2. The van der Waals surface area contributed by atoms with E-state index in [1.165, 1.54) is 4.31 Å². The minimum Gasteiger partial charge on any atom is -0.326 e. The van der Waals surface area contributed by atoms with Gasteiger partial charge in [-0.05, 0) is 87.8 Å². The number of sulfonamides is 1. The van der Waals surface area contributed by atoms with E-state index in [0.29, 0.717) is 32.5 Å². The molecule has 0 atom stereocenters. The third kappa shape index (κ3) is 4.81. The summed E-state index contributed by atoms with van der Waals surface area (Å²) in [6.07, 6.45) is 5.61. The molecule has 0 spiro atoms. The second-order valence-corrected chi connectivity index (χ2v) is 12.4. The molecule has 1 saturated carbocycles. The van der Waals surface area contributed by atoms with E-state index in [2.05, 4.69) is 5.32 Å². The molecule has 5 rings (SSSR count). The van der Waals surface area contributed by atoms with Gasteiger partial charge in [0.25, 0.3) is 0 Å². The molecule has 3 aliphatic rings. The lowest BCUT2D eigenvalue weighted by atomic mass is 9.83. The molecule has 0 radical (unpaired) electrons. The van der Waals surface area contributed by atoms with E-state index < -0.39 is 10.0 Å². The minimum absolute atomic E-state index is 0.0518. The molecule has 2 fully saturated rings. The topological polar surface area (TPSA) is 86.8 Å². The van der Waals surface area contributed by atoms with Crippen molar-refractivity contribution in [3.05, 3.63) is 53.1 Å². The van der Waals surface area contributed by atoms with Gasteiger partial charge >= 0.3 is 0 Å². The number of piperidine rings is 1. The zero-order valence-electron chi connectivity index (χ0n) is 21.1. The lowest BCUT2D eigenvalue weighted by molar-refractivity contribution is -0.124. The average Bonchev–Trinajstić information content (AvgIpc) is 2.84. The van der Waals surface area contributed by atoms with Gasteiger partial charge < -0.3 is 10.2 Å². The van der Waals surface area contributed by atoms with Crippen molar-refractivity contribution < 1.29 is 18.0 Å². The lowest BCUT2D eigenvalue weighted by Gasteiger charge is -2.35. The van der Waals surface area contributed by atoms with Crippen LogP contribution >= 0.6 is 0 Å². The Morgan fingerprint density at radius 3 is 2.31 bits per heavy atom. The number of fused-ring (bicyclic) bond motifs is 1. The first-order valence-electron chi connectivity index (χ1n) is 13.1. The van der Waals surface area contributed by atoms with E-state index in [9.17, 15) is 18.0 Å². The van der Waals surface area contributed by atoms with Gasteiger partial charge in [-0.15, -0.1) is 0 Å². The Morgan fingerprint density at radius 2 is 1.64 bits per heavy atom. The number of hydrogen-bond acceptors (Lipinski definition) is 4. The van der Waals surface area contributed by atoms with Crippen LogP contribution in [-0.4, -0.2) is 44.2 Å². The van der Waals surface area contributed by atoms with E-state index >= 15 is 0 Å². The number of anilines is 2. The van der Waals surface area contributed by atoms with Crippen molar-refractivity contribution in [3.8, 4) is 0 Å². The molecular weight excluding hydrogens is 474 g/mol. The maximum absolute atomic E-state index is 13.4. The Balaban J connectivity index is 1.24. The number of benzene rings is 2. The average molecular weight is 510 g/mol. The summed E-state index contributed by atoms with van der Waals surface area (Å²) in [6.45, 7) is 5.32. The summed E-state index contributed by atoms with van der Waals surface area (Å²) in [7, 11) is -3.66. The fourth-order valence-corrected chi connectivity index (χ4v) is 7.06. The van der Waals surface area contributed by atoms with Crippen molar-refractivity contribution in [2.75, 3.05) is 29.9 Å². The zero-order chi connectivity index (χ0) is 25.4. The molecule has 7 nitrogen and oxygen atoms in total. The molecule has 0 aromatic heterocycles. The van der Waals surface area contributed by atoms with E-state index in [-0.39, 0.29) is 28.5 Å². The molecule has 8 heteroatoms. The lowest BCUT2D eigenvalue weighted by Crippen LogP contribution is -2.42. The predicted octanol–water partition coefficient (Wildman–Crippen LogP) is 4.42. The largest absolute Gasteiger partial charge is 0.326 e. The third-order valence-electron chi connectivity index (χ3n) is 7.99. The van der Waals surface area contributed by atoms with Crippen molar-refractivity contribution in [1.29, 1.82) is 0 Å². The van der Waals surface area contributed by atoms with Gasteiger partial charge in [0.2, 0.25) is 21.8 Å². The molecule has 2 aromatic carbocycles. The van der Waals surface area contributed by atoms with Gasteiger partial charge in [0.15, 0.2) is 0 Å². The summed E-state index contributed by atoms with van der Waals surface area (Å²) >= 11 is 0. The maximum atomic E-state index is 13.4. The molecule has 2 amide bonds. The highest BCUT2D eigenvalue weighted by Crippen LogP contribution is 2.36. The highest BCUT2D eigenvalue weighted by atomic mass is 32.2.